The third-order valence-electron chi connectivity index (χ3n) is 2.85. The van der Waals surface area contributed by atoms with Crippen LogP contribution in [0.4, 0.5) is 10.2 Å². The smallest absolute Gasteiger partial charge is 0.165 e. The molecule has 1 unspecified atom stereocenters. The quantitative estimate of drug-likeness (QED) is 0.712. The number of anilines is 1. The molecule has 0 radical (unpaired) electrons. The van der Waals surface area contributed by atoms with Gasteiger partial charge in [0.05, 0.1) is 31.9 Å². The number of aliphatic hydroxyl groups excluding tert-OH is 2. The first-order valence-electron chi connectivity index (χ1n) is 5.64. The third kappa shape index (κ3) is 2.54. The lowest BCUT2D eigenvalue weighted by atomic mass is 10.1. The number of imidazole rings is 1. The minimum absolute atomic E-state index is 0.152. The average Bonchev–Trinajstić information content (AvgIpc) is 2.86. The van der Waals surface area contributed by atoms with Crippen LogP contribution in [-0.2, 0) is 0 Å². The Balaban J connectivity index is 2.39. The molecule has 2 heterocycles. The van der Waals surface area contributed by atoms with Crippen molar-refractivity contribution in [3.8, 4) is 0 Å². The maximum Gasteiger partial charge on any atom is 0.165 e. The van der Waals surface area contributed by atoms with E-state index in [4.69, 9.17) is 10.8 Å². The van der Waals surface area contributed by atoms with Gasteiger partial charge in [0.1, 0.15) is 11.8 Å². The molecule has 0 fully saturated rings. The topological polar surface area (TPSA) is 110 Å². The number of nitrogen functional groups attached to an aromatic ring is 1. The van der Waals surface area contributed by atoms with Crippen molar-refractivity contribution in [2.45, 2.75) is 12.5 Å². The second-order valence-electron chi connectivity index (χ2n) is 4.05. The fourth-order valence-electron chi connectivity index (χ4n) is 1.83. The summed E-state index contributed by atoms with van der Waals surface area (Å²) < 4.78 is 14.1. The van der Waals surface area contributed by atoms with E-state index >= 15 is 0 Å². The van der Waals surface area contributed by atoms with Gasteiger partial charge >= 0.3 is 0 Å². The Morgan fingerprint density at radius 2 is 2.21 bits per heavy atom. The van der Waals surface area contributed by atoms with Crippen LogP contribution in [0.25, 0.3) is 11.2 Å². The molecule has 0 aliphatic rings. The number of hydrogen-bond acceptors (Lipinski definition) is 6. The Kier molecular flexibility index (Phi) is 4.03. The minimum atomic E-state index is -0.478. The van der Waals surface area contributed by atoms with Crippen molar-refractivity contribution in [2.24, 2.45) is 0 Å². The number of aromatic nitrogens is 4. The second-order valence-corrected chi connectivity index (χ2v) is 4.05. The molecule has 7 nitrogen and oxygen atoms in total. The summed E-state index contributed by atoms with van der Waals surface area (Å²) in [6.07, 6.45) is 3.25. The monoisotopic (exact) mass is 267 g/mol. The van der Waals surface area contributed by atoms with E-state index in [0.717, 1.165) is 0 Å². The van der Waals surface area contributed by atoms with E-state index in [1.54, 1.807) is 4.57 Å². The highest BCUT2D eigenvalue weighted by Gasteiger charge is 2.17. The zero-order valence-corrected chi connectivity index (χ0v) is 10.1. The lowest BCUT2D eigenvalue weighted by Crippen LogP contribution is -2.15. The molecular weight excluding hydrogens is 253 g/mol. The van der Waals surface area contributed by atoms with Crippen LogP contribution < -0.4 is 5.73 Å². The summed E-state index contributed by atoms with van der Waals surface area (Å²) in [5.74, 6) is 0.240. The molecule has 2 aromatic heterocycles. The molecule has 0 saturated heterocycles. The summed E-state index contributed by atoms with van der Waals surface area (Å²) in [7, 11) is 0. The Morgan fingerprint density at radius 3 is 2.84 bits per heavy atom. The number of halogens is 1. The van der Waals surface area contributed by atoms with Crippen molar-refractivity contribution in [1.29, 1.82) is 0 Å². The molecule has 2 rings (SSSR count). The van der Waals surface area contributed by atoms with Crippen molar-refractivity contribution in [3.63, 3.8) is 0 Å². The number of aliphatic hydroxyl groups is 2. The number of hydrogen-bond donors (Lipinski definition) is 3. The summed E-state index contributed by atoms with van der Waals surface area (Å²) in [4.78, 5) is 11.9. The maximum absolute atomic E-state index is 12.5. The molecule has 0 bridgehead atoms. The van der Waals surface area contributed by atoms with Gasteiger partial charge in [-0.1, -0.05) is 0 Å². The van der Waals surface area contributed by atoms with Gasteiger partial charge in [0, 0.05) is 0 Å². The molecule has 8 heteroatoms. The van der Waals surface area contributed by atoms with Crippen molar-refractivity contribution in [3.05, 3.63) is 24.6 Å². The SMILES string of the molecule is Nc1ncnc2c1ncn2C(CO)C/C(=C/F)CO. The lowest BCUT2D eigenvalue weighted by molar-refractivity contribution is 0.223. The number of rotatable bonds is 5. The molecule has 0 aliphatic carbocycles. The summed E-state index contributed by atoms with van der Waals surface area (Å²) in [5.41, 5.74) is 6.73. The number of fused-ring (bicyclic) bond motifs is 1. The minimum Gasteiger partial charge on any atom is -0.394 e. The van der Waals surface area contributed by atoms with E-state index in [-0.39, 0.29) is 24.4 Å². The molecule has 19 heavy (non-hydrogen) atoms. The van der Waals surface area contributed by atoms with Crippen molar-refractivity contribution < 1.29 is 14.6 Å². The molecule has 0 aliphatic heterocycles. The Bertz CT molecular complexity index is 598. The van der Waals surface area contributed by atoms with Crippen LogP contribution in [0.1, 0.15) is 12.5 Å². The fraction of sp³-hybridized carbons (Fsp3) is 0.364. The predicted molar refractivity (Wildman–Crippen MR) is 66.8 cm³/mol. The van der Waals surface area contributed by atoms with Gasteiger partial charge in [-0.05, 0) is 12.0 Å². The molecule has 2 aromatic rings. The molecule has 1 atom stereocenters. The normalized spacial score (nSPS) is 13.9. The van der Waals surface area contributed by atoms with Crippen LogP contribution >= 0.6 is 0 Å². The van der Waals surface area contributed by atoms with Gasteiger partial charge in [0.15, 0.2) is 11.5 Å². The van der Waals surface area contributed by atoms with Crippen LogP contribution in [0.15, 0.2) is 24.6 Å². The highest BCUT2D eigenvalue weighted by Crippen LogP contribution is 2.23. The first-order chi connectivity index (χ1) is 9.21. The van der Waals surface area contributed by atoms with Crippen LogP contribution in [0, 0.1) is 0 Å². The maximum atomic E-state index is 12.5. The van der Waals surface area contributed by atoms with Crippen molar-refractivity contribution in [2.75, 3.05) is 18.9 Å². The lowest BCUT2D eigenvalue weighted by Gasteiger charge is -2.16. The largest absolute Gasteiger partial charge is 0.394 e. The summed E-state index contributed by atoms with van der Waals surface area (Å²) >= 11 is 0. The molecular formula is C11H14FN5O2. The zero-order valence-electron chi connectivity index (χ0n) is 10.1. The molecule has 0 spiro atoms. The summed E-state index contributed by atoms with van der Waals surface area (Å²) in [6, 6.07) is -0.478. The number of nitrogens with two attached hydrogens (primary N) is 1. The first kappa shape index (κ1) is 13.4. The van der Waals surface area contributed by atoms with E-state index in [2.05, 4.69) is 15.0 Å². The van der Waals surface area contributed by atoms with Gasteiger partial charge in [-0.25, -0.2) is 19.3 Å². The summed E-state index contributed by atoms with van der Waals surface area (Å²) in [5, 5.41) is 18.4. The van der Waals surface area contributed by atoms with E-state index in [1.807, 2.05) is 0 Å². The van der Waals surface area contributed by atoms with Gasteiger partial charge < -0.3 is 20.5 Å². The van der Waals surface area contributed by atoms with Gasteiger partial charge in [-0.2, -0.15) is 0 Å². The van der Waals surface area contributed by atoms with Gasteiger partial charge in [0.2, 0.25) is 0 Å². The first-order valence-corrected chi connectivity index (χ1v) is 5.64. The van der Waals surface area contributed by atoms with Crippen LogP contribution in [-0.4, -0.2) is 42.9 Å². The van der Waals surface area contributed by atoms with Crippen molar-refractivity contribution in [1.82, 2.24) is 19.5 Å². The summed E-state index contributed by atoms with van der Waals surface area (Å²) in [6.45, 7) is -0.649. The fourth-order valence-corrected chi connectivity index (χ4v) is 1.83. The second kappa shape index (κ2) is 5.72. The molecule has 0 saturated carbocycles. The zero-order chi connectivity index (χ0) is 13.8. The van der Waals surface area contributed by atoms with Crippen LogP contribution in [0.5, 0.6) is 0 Å². The molecule has 4 N–H and O–H groups in total. The van der Waals surface area contributed by atoms with Crippen LogP contribution in [0.3, 0.4) is 0 Å². The molecule has 0 amide bonds. The van der Waals surface area contributed by atoms with E-state index in [9.17, 15) is 9.50 Å². The van der Waals surface area contributed by atoms with Gasteiger partial charge in [0.25, 0.3) is 0 Å². The molecule has 0 aromatic carbocycles. The van der Waals surface area contributed by atoms with Gasteiger partial charge in [-0.15, -0.1) is 0 Å². The van der Waals surface area contributed by atoms with E-state index in [1.165, 1.54) is 12.7 Å². The molecule has 102 valence electrons. The number of nitrogens with zero attached hydrogens (tertiary/aromatic N) is 4. The predicted octanol–water partition coefficient (Wildman–Crippen LogP) is 0.178. The Hall–Kier alpha value is -2.06. The Labute approximate surface area is 108 Å². The Morgan fingerprint density at radius 1 is 1.42 bits per heavy atom. The van der Waals surface area contributed by atoms with Crippen molar-refractivity contribution >= 4 is 17.0 Å². The standard InChI is InChI=1S/C11H14FN5O2/c12-2-7(3-18)1-8(4-19)17-6-16-9-10(13)14-5-15-11(9)17/h2,5-6,8,18-19H,1,3-4H2,(H2,13,14,15)/b7-2-. The average molecular weight is 267 g/mol. The highest BCUT2D eigenvalue weighted by molar-refractivity contribution is 5.81. The highest BCUT2D eigenvalue weighted by atomic mass is 19.1. The van der Waals surface area contributed by atoms with E-state index in [0.29, 0.717) is 17.5 Å². The third-order valence-corrected chi connectivity index (χ3v) is 2.85. The van der Waals surface area contributed by atoms with Gasteiger partial charge in [-0.3, -0.25) is 0 Å². The van der Waals surface area contributed by atoms with E-state index < -0.39 is 12.6 Å². The van der Waals surface area contributed by atoms with Crippen LogP contribution in [0.2, 0.25) is 0 Å².